The fourth-order valence-corrected chi connectivity index (χ4v) is 1.77. The molecule has 1 aromatic carbocycles. The Balaban J connectivity index is 3.34. The van der Waals surface area contributed by atoms with E-state index < -0.39 is 0 Å². The lowest BCUT2D eigenvalue weighted by Gasteiger charge is -2.03. The average molecular weight is 311 g/mol. The van der Waals surface area contributed by atoms with Crippen molar-refractivity contribution in [3.63, 3.8) is 0 Å². The van der Waals surface area contributed by atoms with Gasteiger partial charge in [0.25, 0.3) is 0 Å². The van der Waals surface area contributed by atoms with Crippen LogP contribution in [0.25, 0.3) is 0 Å². The van der Waals surface area contributed by atoms with Crippen molar-refractivity contribution >= 4 is 38.5 Å². The SMILES string of the molecule is Cc1c(Br)ccc(I)c1C. The van der Waals surface area contributed by atoms with Crippen LogP contribution >= 0.6 is 38.5 Å². The molecule has 0 amide bonds. The van der Waals surface area contributed by atoms with Crippen LogP contribution < -0.4 is 0 Å². The number of benzene rings is 1. The Bertz CT molecular complexity index is 229. The van der Waals surface area contributed by atoms with Gasteiger partial charge in [-0.2, -0.15) is 0 Å². The van der Waals surface area contributed by atoms with Crippen LogP contribution in [0.4, 0.5) is 0 Å². The van der Waals surface area contributed by atoms with E-state index in [1.807, 2.05) is 0 Å². The number of hydrogen-bond acceptors (Lipinski definition) is 0. The highest BCUT2D eigenvalue weighted by Crippen LogP contribution is 2.22. The first kappa shape index (κ1) is 8.53. The second-order valence-electron chi connectivity index (χ2n) is 2.28. The van der Waals surface area contributed by atoms with Crippen LogP contribution in [0.2, 0.25) is 0 Å². The van der Waals surface area contributed by atoms with Gasteiger partial charge in [-0.05, 0) is 59.7 Å². The van der Waals surface area contributed by atoms with Gasteiger partial charge in [0.1, 0.15) is 0 Å². The van der Waals surface area contributed by atoms with Crippen LogP contribution in [-0.4, -0.2) is 0 Å². The molecule has 0 aliphatic carbocycles. The first-order chi connectivity index (χ1) is 4.63. The van der Waals surface area contributed by atoms with Crippen molar-refractivity contribution < 1.29 is 0 Å². The second-order valence-corrected chi connectivity index (χ2v) is 4.30. The summed E-state index contributed by atoms with van der Waals surface area (Å²) in [6.07, 6.45) is 0. The molecule has 0 aromatic heterocycles. The van der Waals surface area contributed by atoms with Gasteiger partial charge in [-0.15, -0.1) is 0 Å². The summed E-state index contributed by atoms with van der Waals surface area (Å²) in [5, 5.41) is 0. The Morgan fingerprint density at radius 2 is 1.80 bits per heavy atom. The lowest BCUT2D eigenvalue weighted by atomic mass is 10.1. The summed E-state index contributed by atoms with van der Waals surface area (Å²) in [6.45, 7) is 4.27. The van der Waals surface area contributed by atoms with E-state index in [-0.39, 0.29) is 0 Å². The number of rotatable bonds is 0. The Hall–Kier alpha value is 0.430. The summed E-state index contributed by atoms with van der Waals surface area (Å²) in [4.78, 5) is 0. The molecule has 0 spiro atoms. The highest BCUT2D eigenvalue weighted by Gasteiger charge is 2.00. The van der Waals surface area contributed by atoms with Gasteiger partial charge in [0, 0.05) is 8.04 Å². The highest BCUT2D eigenvalue weighted by molar-refractivity contribution is 14.1. The van der Waals surface area contributed by atoms with E-state index in [4.69, 9.17) is 0 Å². The van der Waals surface area contributed by atoms with Gasteiger partial charge in [-0.25, -0.2) is 0 Å². The van der Waals surface area contributed by atoms with E-state index in [9.17, 15) is 0 Å². The molecule has 2 heteroatoms. The normalized spacial score (nSPS) is 10.0. The predicted octanol–water partition coefficient (Wildman–Crippen LogP) is 3.67. The first-order valence-corrected chi connectivity index (χ1v) is 4.91. The zero-order chi connectivity index (χ0) is 7.72. The van der Waals surface area contributed by atoms with Gasteiger partial charge in [0.2, 0.25) is 0 Å². The molecule has 0 heterocycles. The van der Waals surface area contributed by atoms with Gasteiger partial charge >= 0.3 is 0 Å². The van der Waals surface area contributed by atoms with Crippen molar-refractivity contribution in [2.24, 2.45) is 0 Å². The Morgan fingerprint density at radius 1 is 1.20 bits per heavy atom. The summed E-state index contributed by atoms with van der Waals surface area (Å²) in [5.41, 5.74) is 2.71. The third kappa shape index (κ3) is 1.53. The van der Waals surface area contributed by atoms with Crippen LogP contribution in [0.1, 0.15) is 11.1 Å². The van der Waals surface area contributed by atoms with Crippen molar-refractivity contribution in [1.82, 2.24) is 0 Å². The minimum atomic E-state index is 1.20. The molecular formula is C8H8BrI. The van der Waals surface area contributed by atoms with Crippen molar-refractivity contribution in [2.75, 3.05) is 0 Å². The summed E-state index contributed by atoms with van der Waals surface area (Å²) in [5.74, 6) is 0. The summed E-state index contributed by atoms with van der Waals surface area (Å²) < 4.78 is 2.53. The van der Waals surface area contributed by atoms with Crippen LogP contribution in [0, 0.1) is 17.4 Å². The zero-order valence-corrected chi connectivity index (χ0v) is 9.65. The molecule has 0 N–H and O–H groups in total. The van der Waals surface area contributed by atoms with Gasteiger partial charge in [0.05, 0.1) is 0 Å². The molecule has 0 saturated carbocycles. The monoisotopic (exact) mass is 310 g/mol. The molecule has 0 saturated heterocycles. The minimum absolute atomic E-state index is 1.20. The van der Waals surface area contributed by atoms with Gasteiger partial charge in [-0.1, -0.05) is 15.9 Å². The van der Waals surface area contributed by atoms with E-state index in [0.29, 0.717) is 0 Å². The Labute approximate surface area is 83.3 Å². The lowest BCUT2D eigenvalue weighted by Crippen LogP contribution is -1.85. The third-order valence-corrected chi connectivity index (χ3v) is 3.68. The van der Waals surface area contributed by atoms with Gasteiger partial charge < -0.3 is 0 Å². The summed E-state index contributed by atoms with van der Waals surface area (Å²) in [6, 6.07) is 4.21. The molecule has 1 rings (SSSR count). The van der Waals surface area contributed by atoms with Crippen LogP contribution in [0.15, 0.2) is 16.6 Å². The summed E-state index contributed by atoms with van der Waals surface area (Å²) in [7, 11) is 0. The molecule has 0 aliphatic heterocycles. The fourth-order valence-electron chi connectivity index (χ4n) is 0.755. The molecule has 0 atom stereocenters. The van der Waals surface area contributed by atoms with E-state index in [0.717, 1.165) is 0 Å². The lowest BCUT2D eigenvalue weighted by molar-refractivity contribution is 1.29. The van der Waals surface area contributed by atoms with E-state index in [1.54, 1.807) is 0 Å². The molecular weight excluding hydrogens is 303 g/mol. The van der Waals surface area contributed by atoms with E-state index in [1.165, 1.54) is 19.2 Å². The fraction of sp³-hybridized carbons (Fsp3) is 0.250. The Morgan fingerprint density at radius 3 is 2.30 bits per heavy atom. The largest absolute Gasteiger partial charge is 0.0505 e. The standard InChI is InChI=1S/C8H8BrI/c1-5-6(2)8(10)4-3-7(5)9/h3-4H,1-2H3. The molecule has 10 heavy (non-hydrogen) atoms. The maximum atomic E-state index is 3.48. The van der Waals surface area contributed by atoms with Crippen molar-refractivity contribution in [1.29, 1.82) is 0 Å². The first-order valence-electron chi connectivity index (χ1n) is 3.04. The van der Waals surface area contributed by atoms with E-state index in [2.05, 4.69) is 64.5 Å². The maximum Gasteiger partial charge on any atom is 0.0207 e. The van der Waals surface area contributed by atoms with Crippen molar-refractivity contribution in [3.8, 4) is 0 Å². The van der Waals surface area contributed by atoms with Crippen LogP contribution in [0.3, 0.4) is 0 Å². The molecule has 1 aromatic rings. The quantitative estimate of drug-likeness (QED) is 0.641. The second kappa shape index (κ2) is 3.22. The molecule has 0 aliphatic rings. The molecule has 54 valence electrons. The van der Waals surface area contributed by atoms with Crippen molar-refractivity contribution in [3.05, 3.63) is 31.3 Å². The zero-order valence-electron chi connectivity index (χ0n) is 5.91. The third-order valence-electron chi connectivity index (χ3n) is 1.65. The molecule has 0 fully saturated rings. The van der Waals surface area contributed by atoms with Crippen molar-refractivity contribution in [2.45, 2.75) is 13.8 Å². The maximum absolute atomic E-state index is 3.48. The predicted molar refractivity (Wildman–Crippen MR) is 56.3 cm³/mol. The topological polar surface area (TPSA) is 0 Å². The summed E-state index contributed by atoms with van der Waals surface area (Å²) >= 11 is 5.82. The van der Waals surface area contributed by atoms with Crippen LogP contribution in [0.5, 0.6) is 0 Å². The Kier molecular flexibility index (Phi) is 2.74. The molecule has 0 radical (unpaired) electrons. The number of halogens is 2. The van der Waals surface area contributed by atoms with Gasteiger partial charge in [-0.3, -0.25) is 0 Å². The molecule has 0 unspecified atom stereocenters. The average Bonchev–Trinajstić information content (AvgIpc) is 1.93. The smallest absolute Gasteiger partial charge is 0.0207 e. The van der Waals surface area contributed by atoms with Gasteiger partial charge in [0.15, 0.2) is 0 Å². The minimum Gasteiger partial charge on any atom is -0.0505 e. The van der Waals surface area contributed by atoms with E-state index >= 15 is 0 Å². The van der Waals surface area contributed by atoms with Crippen LogP contribution in [-0.2, 0) is 0 Å². The molecule has 0 nitrogen and oxygen atoms in total. The number of hydrogen-bond donors (Lipinski definition) is 0. The molecule has 0 bridgehead atoms. The highest BCUT2D eigenvalue weighted by atomic mass is 127.